The minimum Gasteiger partial charge on any atom is -0.0952 e. The lowest BCUT2D eigenvalue weighted by Gasteiger charge is -2.06. The molecule has 0 radical (unpaired) electrons. The van der Waals surface area contributed by atoms with E-state index in [0.29, 0.717) is 5.92 Å². The number of allylic oxidation sites excluding steroid dienone is 2. The Labute approximate surface area is 112 Å². The third kappa shape index (κ3) is 5.35. The molecule has 0 atom stereocenters. The fraction of sp³-hybridized carbons (Fsp3) is 0.444. The van der Waals surface area contributed by atoms with Gasteiger partial charge in [0.15, 0.2) is 0 Å². The number of benzene rings is 1. The number of hydrogen-bond acceptors (Lipinski definition) is 0. The van der Waals surface area contributed by atoms with Crippen molar-refractivity contribution in [2.24, 2.45) is 5.92 Å². The van der Waals surface area contributed by atoms with Crippen LogP contribution in [0.2, 0.25) is 0 Å². The second kappa shape index (κ2) is 7.92. The molecule has 0 aliphatic heterocycles. The third-order valence-electron chi connectivity index (χ3n) is 3.07. The molecule has 98 valence electrons. The molecular formula is C18H26. The molecule has 0 heterocycles. The van der Waals surface area contributed by atoms with E-state index in [1.54, 1.807) is 0 Å². The van der Waals surface area contributed by atoms with Gasteiger partial charge < -0.3 is 0 Å². The Morgan fingerprint density at radius 1 is 1.17 bits per heavy atom. The summed E-state index contributed by atoms with van der Waals surface area (Å²) in [7, 11) is 0. The van der Waals surface area contributed by atoms with E-state index in [1.165, 1.54) is 36.0 Å². The molecule has 0 spiro atoms. The van der Waals surface area contributed by atoms with Gasteiger partial charge in [-0.3, -0.25) is 0 Å². The van der Waals surface area contributed by atoms with Gasteiger partial charge in [-0.15, -0.1) is 0 Å². The van der Waals surface area contributed by atoms with Crippen LogP contribution in [0.3, 0.4) is 0 Å². The summed E-state index contributed by atoms with van der Waals surface area (Å²) in [5.74, 6) is 0.605. The van der Waals surface area contributed by atoms with Crippen molar-refractivity contribution >= 4 is 11.6 Å². The lowest BCUT2D eigenvalue weighted by atomic mass is 10.00. The van der Waals surface area contributed by atoms with Gasteiger partial charge in [-0.25, -0.2) is 0 Å². The zero-order valence-corrected chi connectivity index (χ0v) is 12.1. The molecule has 1 rings (SSSR count). The van der Waals surface area contributed by atoms with Crippen molar-refractivity contribution in [1.29, 1.82) is 0 Å². The number of rotatable bonds is 7. The van der Waals surface area contributed by atoms with E-state index in [1.807, 2.05) is 0 Å². The predicted molar refractivity (Wildman–Crippen MR) is 83.5 cm³/mol. The van der Waals surface area contributed by atoms with E-state index < -0.39 is 0 Å². The van der Waals surface area contributed by atoms with Crippen LogP contribution in [0.15, 0.2) is 36.9 Å². The minimum absolute atomic E-state index is 0.605. The average molecular weight is 242 g/mol. The van der Waals surface area contributed by atoms with Gasteiger partial charge in [0, 0.05) is 0 Å². The van der Waals surface area contributed by atoms with Crippen molar-refractivity contribution in [3.05, 3.63) is 48.0 Å². The molecule has 0 N–H and O–H groups in total. The topological polar surface area (TPSA) is 0 Å². The molecule has 0 nitrogen and oxygen atoms in total. The summed E-state index contributed by atoms with van der Waals surface area (Å²) in [5, 5.41) is 0. The van der Waals surface area contributed by atoms with Crippen molar-refractivity contribution in [3.63, 3.8) is 0 Å². The Balaban J connectivity index is 2.56. The average Bonchev–Trinajstić information content (AvgIpc) is 2.37. The molecule has 0 unspecified atom stereocenters. The van der Waals surface area contributed by atoms with Gasteiger partial charge in [0.2, 0.25) is 0 Å². The van der Waals surface area contributed by atoms with E-state index in [-0.39, 0.29) is 0 Å². The van der Waals surface area contributed by atoms with E-state index in [9.17, 15) is 0 Å². The van der Waals surface area contributed by atoms with Crippen LogP contribution in [-0.4, -0.2) is 0 Å². The zero-order valence-electron chi connectivity index (χ0n) is 12.1. The summed E-state index contributed by atoms with van der Waals surface area (Å²) in [6.45, 7) is 10.8. The highest BCUT2D eigenvalue weighted by Crippen LogP contribution is 2.20. The molecule has 18 heavy (non-hydrogen) atoms. The maximum Gasteiger partial charge on any atom is -0.0230 e. The molecule has 0 aliphatic rings. The first-order valence-electron chi connectivity index (χ1n) is 7.10. The summed E-state index contributed by atoms with van der Waals surface area (Å²) in [5.41, 5.74) is 3.82. The lowest BCUT2D eigenvalue weighted by Crippen LogP contribution is -1.85. The summed E-state index contributed by atoms with van der Waals surface area (Å²) in [6, 6.07) is 8.74. The minimum atomic E-state index is 0.605. The SMILES string of the molecule is C=C(CCCCC)c1ccc(/C=C/C(C)C)cc1. The molecule has 1 aromatic carbocycles. The van der Waals surface area contributed by atoms with Gasteiger partial charge in [0.1, 0.15) is 0 Å². The van der Waals surface area contributed by atoms with Crippen LogP contribution >= 0.6 is 0 Å². The Morgan fingerprint density at radius 3 is 2.39 bits per heavy atom. The van der Waals surface area contributed by atoms with Crippen LogP contribution < -0.4 is 0 Å². The molecule has 0 aromatic heterocycles. The molecule has 0 aliphatic carbocycles. The smallest absolute Gasteiger partial charge is 0.0230 e. The lowest BCUT2D eigenvalue weighted by molar-refractivity contribution is 0.736. The molecule has 1 aromatic rings. The summed E-state index contributed by atoms with van der Waals surface area (Å²) in [6.07, 6.45) is 9.36. The highest BCUT2D eigenvalue weighted by Gasteiger charge is 1.98. The van der Waals surface area contributed by atoms with Gasteiger partial charge in [0.05, 0.1) is 0 Å². The quantitative estimate of drug-likeness (QED) is 0.518. The van der Waals surface area contributed by atoms with Gasteiger partial charge >= 0.3 is 0 Å². The summed E-state index contributed by atoms with van der Waals surface area (Å²) in [4.78, 5) is 0. The molecule has 0 fully saturated rings. The van der Waals surface area contributed by atoms with Gasteiger partial charge in [0.25, 0.3) is 0 Å². The van der Waals surface area contributed by atoms with Crippen LogP contribution in [0.5, 0.6) is 0 Å². The Kier molecular flexibility index (Phi) is 6.49. The van der Waals surface area contributed by atoms with E-state index in [2.05, 4.69) is 63.8 Å². The number of hydrogen-bond donors (Lipinski definition) is 0. The highest BCUT2D eigenvalue weighted by atomic mass is 14.0. The monoisotopic (exact) mass is 242 g/mol. The Morgan fingerprint density at radius 2 is 1.83 bits per heavy atom. The van der Waals surface area contributed by atoms with Gasteiger partial charge in [-0.2, -0.15) is 0 Å². The zero-order chi connectivity index (χ0) is 13.4. The van der Waals surface area contributed by atoms with Crippen LogP contribution in [0.4, 0.5) is 0 Å². The fourth-order valence-corrected chi connectivity index (χ4v) is 1.87. The van der Waals surface area contributed by atoms with Crippen molar-refractivity contribution in [2.75, 3.05) is 0 Å². The summed E-state index contributed by atoms with van der Waals surface area (Å²) < 4.78 is 0. The van der Waals surface area contributed by atoms with E-state index in [0.717, 1.165) is 6.42 Å². The number of unbranched alkanes of at least 4 members (excludes halogenated alkanes) is 2. The molecule has 0 amide bonds. The van der Waals surface area contributed by atoms with Crippen molar-refractivity contribution in [1.82, 2.24) is 0 Å². The Hall–Kier alpha value is -1.30. The van der Waals surface area contributed by atoms with Crippen LogP contribution in [0.1, 0.15) is 57.6 Å². The highest BCUT2D eigenvalue weighted by molar-refractivity contribution is 5.65. The molecule has 0 saturated carbocycles. The fourth-order valence-electron chi connectivity index (χ4n) is 1.87. The van der Waals surface area contributed by atoms with Crippen LogP contribution in [0, 0.1) is 5.92 Å². The van der Waals surface area contributed by atoms with Crippen molar-refractivity contribution < 1.29 is 0 Å². The van der Waals surface area contributed by atoms with Crippen LogP contribution in [-0.2, 0) is 0 Å². The standard InChI is InChI=1S/C18H26/c1-5-6-7-8-16(4)18-13-11-17(12-14-18)10-9-15(2)3/h9-15H,4-8H2,1-3H3/b10-9+. The van der Waals surface area contributed by atoms with E-state index in [4.69, 9.17) is 0 Å². The first-order chi connectivity index (χ1) is 8.63. The third-order valence-corrected chi connectivity index (χ3v) is 3.07. The molecular weight excluding hydrogens is 216 g/mol. The van der Waals surface area contributed by atoms with Gasteiger partial charge in [-0.1, -0.05) is 76.6 Å². The first kappa shape index (κ1) is 14.8. The second-order valence-corrected chi connectivity index (χ2v) is 5.29. The normalized spacial score (nSPS) is 11.3. The van der Waals surface area contributed by atoms with Crippen LogP contribution in [0.25, 0.3) is 11.6 Å². The van der Waals surface area contributed by atoms with E-state index >= 15 is 0 Å². The predicted octanol–water partition coefficient (Wildman–Crippen LogP) is 5.95. The molecule has 0 saturated heterocycles. The maximum atomic E-state index is 4.18. The molecule has 0 heteroatoms. The summed E-state index contributed by atoms with van der Waals surface area (Å²) >= 11 is 0. The largest absolute Gasteiger partial charge is 0.0952 e. The molecule has 0 bridgehead atoms. The van der Waals surface area contributed by atoms with Crippen molar-refractivity contribution in [3.8, 4) is 0 Å². The second-order valence-electron chi connectivity index (χ2n) is 5.29. The van der Waals surface area contributed by atoms with Crippen molar-refractivity contribution in [2.45, 2.75) is 46.5 Å². The Bertz CT molecular complexity index is 379. The maximum absolute atomic E-state index is 4.18. The van der Waals surface area contributed by atoms with Gasteiger partial charge in [-0.05, 0) is 35.5 Å². The first-order valence-corrected chi connectivity index (χ1v) is 7.10.